The Hall–Kier alpha value is -1.92. The van der Waals surface area contributed by atoms with Crippen LogP contribution >= 0.6 is 12.2 Å². The highest BCUT2D eigenvalue weighted by atomic mass is 32.1. The summed E-state index contributed by atoms with van der Waals surface area (Å²) in [5.41, 5.74) is 8.19. The number of rotatable bonds is 5. The molecule has 0 spiro atoms. The van der Waals surface area contributed by atoms with Crippen LogP contribution in [-0.4, -0.2) is 21.9 Å². The zero-order valence-electron chi connectivity index (χ0n) is 11.7. The van der Waals surface area contributed by atoms with Crippen molar-refractivity contribution in [1.82, 2.24) is 9.78 Å². The topological polar surface area (TPSA) is 62.3 Å². The van der Waals surface area contributed by atoms with E-state index in [1.54, 1.807) is 18.8 Å². The molecule has 2 rings (SSSR count). The quantitative estimate of drug-likeness (QED) is 0.856. The number of thiocarbonyl (C=S) groups is 1. The van der Waals surface area contributed by atoms with Crippen molar-refractivity contribution in [3.05, 3.63) is 41.1 Å². The van der Waals surface area contributed by atoms with Gasteiger partial charge in [0.25, 0.3) is 0 Å². The molecule has 1 aromatic heterocycles. The largest absolute Gasteiger partial charge is 0.439 e. The van der Waals surface area contributed by atoms with Crippen molar-refractivity contribution >= 4 is 17.2 Å². The molecule has 0 unspecified atom stereocenters. The Morgan fingerprint density at radius 3 is 2.85 bits per heavy atom. The minimum Gasteiger partial charge on any atom is -0.439 e. The molecule has 0 amide bonds. The van der Waals surface area contributed by atoms with Gasteiger partial charge >= 0.3 is 0 Å². The van der Waals surface area contributed by atoms with E-state index in [2.05, 4.69) is 5.10 Å². The second kappa shape index (κ2) is 6.02. The van der Waals surface area contributed by atoms with Crippen molar-refractivity contribution in [2.24, 2.45) is 12.8 Å². The molecule has 2 aromatic rings. The molecule has 1 aromatic carbocycles. The van der Waals surface area contributed by atoms with E-state index in [-0.39, 0.29) is 4.99 Å². The highest BCUT2D eigenvalue weighted by Gasteiger charge is 2.17. The van der Waals surface area contributed by atoms with E-state index in [9.17, 15) is 0 Å². The van der Waals surface area contributed by atoms with Gasteiger partial charge in [-0.25, -0.2) is 4.68 Å². The van der Waals surface area contributed by atoms with Crippen molar-refractivity contribution in [1.29, 1.82) is 0 Å². The summed E-state index contributed by atoms with van der Waals surface area (Å²) in [7, 11) is 3.45. The van der Waals surface area contributed by atoms with Gasteiger partial charge in [0.15, 0.2) is 0 Å². The van der Waals surface area contributed by atoms with Crippen LogP contribution in [0.2, 0.25) is 0 Å². The lowest BCUT2D eigenvalue weighted by atomic mass is 10.2. The fourth-order valence-electron chi connectivity index (χ4n) is 2.01. The highest BCUT2D eigenvalue weighted by molar-refractivity contribution is 7.80. The molecular formula is C14H17N3O2S. The van der Waals surface area contributed by atoms with Gasteiger partial charge in [0.2, 0.25) is 5.88 Å². The van der Waals surface area contributed by atoms with Gasteiger partial charge in [0.1, 0.15) is 10.7 Å². The molecule has 20 heavy (non-hydrogen) atoms. The number of aromatic nitrogens is 2. The molecule has 0 aliphatic carbocycles. The van der Waals surface area contributed by atoms with Crippen molar-refractivity contribution in [2.45, 2.75) is 13.5 Å². The van der Waals surface area contributed by atoms with Crippen molar-refractivity contribution in [2.75, 3.05) is 7.11 Å². The first kappa shape index (κ1) is 14.5. The molecule has 6 heteroatoms. The van der Waals surface area contributed by atoms with Gasteiger partial charge in [-0.3, -0.25) is 0 Å². The lowest BCUT2D eigenvalue weighted by Gasteiger charge is -2.09. The Labute approximate surface area is 123 Å². The van der Waals surface area contributed by atoms with Gasteiger partial charge in [0.05, 0.1) is 17.9 Å². The summed E-state index contributed by atoms with van der Waals surface area (Å²) < 4.78 is 12.6. The van der Waals surface area contributed by atoms with Crippen LogP contribution in [0.3, 0.4) is 0 Å². The van der Waals surface area contributed by atoms with E-state index >= 15 is 0 Å². The summed E-state index contributed by atoms with van der Waals surface area (Å²) in [5, 5.41) is 4.29. The average Bonchev–Trinajstić information content (AvgIpc) is 2.65. The summed E-state index contributed by atoms with van der Waals surface area (Å²) >= 11 is 5.06. The average molecular weight is 291 g/mol. The first-order chi connectivity index (χ1) is 9.52. The number of nitrogens with zero attached hydrogens (tertiary/aromatic N) is 2. The van der Waals surface area contributed by atoms with Crippen molar-refractivity contribution in [3.63, 3.8) is 0 Å². The fraction of sp³-hybridized carbons (Fsp3) is 0.286. The number of ether oxygens (including phenoxy) is 2. The molecule has 1 heterocycles. The minimum atomic E-state index is 0.277. The lowest BCUT2D eigenvalue weighted by molar-refractivity contribution is 0.184. The van der Waals surface area contributed by atoms with E-state index in [4.69, 9.17) is 27.4 Å². The van der Waals surface area contributed by atoms with Gasteiger partial charge in [-0.05, 0) is 24.6 Å². The third-order valence-electron chi connectivity index (χ3n) is 2.84. The smallest absolute Gasteiger partial charge is 0.228 e. The van der Waals surface area contributed by atoms with Crippen molar-refractivity contribution < 1.29 is 9.47 Å². The molecule has 0 aliphatic heterocycles. The predicted octanol–water partition coefficient (Wildman–Crippen LogP) is 2.30. The molecular weight excluding hydrogens is 274 g/mol. The molecule has 5 nitrogen and oxygen atoms in total. The van der Waals surface area contributed by atoms with Crippen LogP contribution in [0.5, 0.6) is 11.6 Å². The Morgan fingerprint density at radius 1 is 1.45 bits per heavy atom. The van der Waals surface area contributed by atoms with E-state index in [0.717, 1.165) is 11.3 Å². The SMILES string of the molecule is COCc1cccc(Oc2c(C(N)=S)c(C)nn2C)c1. The maximum atomic E-state index is 5.89. The van der Waals surface area contributed by atoms with Gasteiger partial charge < -0.3 is 15.2 Å². The van der Waals surface area contributed by atoms with Crippen LogP contribution < -0.4 is 10.5 Å². The van der Waals surface area contributed by atoms with Crippen LogP contribution in [0.15, 0.2) is 24.3 Å². The summed E-state index contributed by atoms with van der Waals surface area (Å²) in [4.78, 5) is 0.277. The molecule has 0 atom stereocenters. The Morgan fingerprint density at radius 2 is 2.20 bits per heavy atom. The van der Waals surface area contributed by atoms with E-state index in [1.165, 1.54) is 0 Å². The standard InChI is InChI=1S/C14H17N3O2S/c1-9-12(13(15)20)14(17(2)16-9)19-11-6-4-5-10(7-11)8-18-3/h4-7H,8H2,1-3H3,(H2,15,20). The van der Waals surface area contributed by atoms with Gasteiger partial charge in [-0.15, -0.1) is 0 Å². The number of hydrogen-bond acceptors (Lipinski definition) is 4. The molecule has 0 radical (unpaired) electrons. The molecule has 2 N–H and O–H groups in total. The third kappa shape index (κ3) is 2.97. The van der Waals surface area contributed by atoms with Crippen molar-refractivity contribution in [3.8, 4) is 11.6 Å². The van der Waals surface area contributed by atoms with Gasteiger partial charge in [0, 0.05) is 14.2 Å². The Bertz CT molecular complexity index is 637. The summed E-state index contributed by atoms with van der Waals surface area (Å²) in [6.07, 6.45) is 0. The number of nitrogens with two attached hydrogens (primary N) is 1. The number of aryl methyl sites for hydroxylation is 2. The first-order valence-corrected chi connectivity index (χ1v) is 6.53. The molecule has 0 aliphatic rings. The fourth-order valence-corrected chi connectivity index (χ4v) is 2.25. The molecule has 106 valence electrons. The second-order valence-corrected chi connectivity index (χ2v) is 4.88. The maximum absolute atomic E-state index is 5.89. The maximum Gasteiger partial charge on any atom is 0.228 e. The molecule has 0 saturated heterocycles. The summed E-state index contributed by atoms with van der Waals surface area (Å²) in [6.45, 7) is 2.38. The first-order valence-electron chi connectivity index (χ1n) is 6.12. The van der Waals surface area contributed by atoms with Crippen LogP contribution in [-0.2, 0) is 18.4 Å². The number of benzene rings is 1. The van der Waals surface area contributed by atoms with Crippen LogP contribution in [0.25, 0.3) is 0 Å². The van der Waals surface area contributed by atoms with E-state index in [1.807, 2.05) is 31.2 Å². The van der Waals surface area contributed by atoms with Gasteiger partial charge in [-0.1, -0.05) is 24.4 Å². The monoisotopic (exact) mass is 291 g/mol. The number of methoxy groups -OCH3 is 1. The molecule has 0 saturated carbocycles. The van der Waals surface area contributed by atoms with Crippen LogP contribution in [0, 0.1) is 6.92 Å². The molecule has 0 fully saturated rings. The second-order valence-electron chi connectivity index (χ2n) is 4.44. The summed E-state index contributed by atoms with van der Waals surface area (Å²) in [6, 6.07) is 7.66. The van der Waals surface area contributed by atoms with Crippen LogP contribution in [0.4, 0.5) is 0 Å². The summed E-state index contributed by atoms with van der Waals surface area (Å²) in [5.74, 6) is 1.24. The highest BCUT2D eigenvalue weighted by Crippen LogP contribution is 2.27. The zero-order valence-corrected chi connectivity index (χ0v) is 12.5. The van der Waals surface area contributed by atoms with E-state index < -0.39 is 0 Å². The minimum absolute atomic E-state index is 0.277. The normalized spacial score (nSPS) is 10.6. The predicted molar refractivity (Wildman–Crippen MR) is 81.1 cm³/mol. The number of hydrogen-bond donors (Lipinski definition) is 1. The van der Waals surface area contributed by atoms with Crippen LogP contribution in [0.1, 0.15) is 16.8 Å². The lowest BCUT2D eigenvalue weighted by Crippen LogP contribution is -2.11. The molecule has 0 bridgehead atoms. The Kier molecular flexibility index (Phi) is 4.36. The zero-order chi connectivity index (χ0) is 14.7. The van der Waals surface area contributed by atoms with E-state index in [0.29, 0.717) is 23.8 Å². The third-order valence-corrected chi connectivity index (χ3v) is 3.04. The Balaban J connectivity index is 2.35. The van der Waals surface area contributed by atoms with Gasteiger partial charge in [-0.2, -0.15) is 5.10 Å².